The lowest BCUT2D eigenvalue weighted by Gasteiger charge is -2.64. The molecule has 6 atom stereocenters. The first-order chi connectivity index (χ1) is 17.2. The first kappa shape index (κ1) is 25.8. The molecule has 2 fully saturated rings. The van der Waals surface area contributed by atoms with Gasteiger partial charge in [-0.2, -0.15) is 0 Å². The van der Waals surface area contributed by atoms with E-state index in [1.807, 2.05) is 0 Å². The van der Waals surface area contributed by atoms with Crippen LogP contribution in [0.3, 0.4) is 0 Å². The molecular weight excluding hydrogens is 476 g/mol. The predicted octanol–water partition coefficient (Wildman–Crippen LogP) is 2.97. The minimum Gasteiger partial charge on any atom is -0.508 e. The maximum atomic E-state index is 13.3. The molecule has 0 radical (unpaired) electrons. The van der Waals surface area contributed by atoms with E-state index in [-0.39, 0.29) is 53.4 Å². The van der Waals surface area contributed by atoms with Crippen LogP contribution in [0.1, 0.15) is 87.7 Å². The number of amides is 2. The Balaban J connectivity index is 1.55. The molecule has 0 bridgehead atoms. The smallest absolute Gasteiger partial charge is 0.326 e. The summed E-state index contributed by atoms with van der Waals surface area (Å²) in [6.45, 7) is 8.74. The zero-order valence-electron chi connectivity index (χ0n) is 22.0. The van der Waals surface area contributed by atoms with Gasteiger partial charge in [-0.25, -0.2) is 4.79 Å². The minimum absolute atomic E-state index is 0.0159. The van der Waals surface area contributed by atoms with E-state index in [2.05, 4.69) is 27.7 Å². The zero-order valence-corrected chi connectivity index (χ0v) is 22.0. The summed E-state index contributed by atoms with van der Waals surface area (Å²) in [5.74, 6) is -1.48. The molecule has 2 aliphatic heterocycles. The van der Waals surface area contributed by atoms with Crippen LogP contribution in [0.2, 0.25) is 0 Å². The summed E-state index contributed by atoms with van der Waals surface area (Å²) in [6.07, 6.45) is 3.24. The van der Waals surface area contributed by atoms with Crippen LogP contribution in [-0.4, -0.2) is 55.8 Å². The van der Waals surface area contributed by atoms with Crippen molar-refractivity contribution in [3.63, 3.8) is 0 Å². The number of aliphatic carboxylic acids is 1. The summed E-state index contributed by atoms with van der Waals surface area (Å²) in [5.41, 5.74) is 5.56. The molecule has 1 aromatic carbocycles. The zero-order chi connectivity index (χ0) is 27.1. The maximum Gasteiger partial charge on any atom is 0.326 e. The Kier molecular flexibility index (Phi) is 5.83. The standard InChI is InChI=1S/C28H38N2O7/c1-14-5-7-20-26(2,3)21(32)9-10-27(20,4)28(14)12-16-19(31)11-15-17(23(16)37-28)13-30(24(15)34)18(25(35)36)6-8-22(29)33/h11,14,18,20-21,31-32H,5-10,12-13H2,1-4H3,(H2,29,33)(H,35,36)/t14-,18+,20-,21+,27-,28+/m1/s1. The number of carboxylic acid groups (broad SMARTS) is 1. The van der Waals surface area contributed by atoms with Gasteiger partial charge in [0.1, 0.15) is 23.1 Å². The van der Waals surface area contributed by atoms with Crippen LogP contribution in [0, 0.1) is 22.7 Å². The Labute approximate surface area is 217 Å². The van der Waals surface area contributed by atoms with Gasteiger partial charge >= 0.3 is 5.97 Å². The van der Waals surface area contributed by atoms with Crippen LogP contribution in [0.15, 0.2) is 6.07 Å². The average Bonchev–Trinajstić information content (AvgIpc) is 3.36. The number of phenols is 1. The quantitative estimate of drug-likeness (QED) is 0.472. The Bertz CT molecular complexity index is 1180. The molecule has 2 aliphatic carbocycles. The van der Waals surface area contributed by atoms with Crippen molar-refractivity contribution in [1.29, 1.82) is 0 Å². The number of hydrogen-bond acceptors (Lipinski definition) is 6. The van der Waals surface area contributed by atoms with E-state index >= 15 is 0 Å². The van der Waals surface area contributed by atoms with E-state index in [1.165, 1.54) is 11.0 Å². The fourth-order valence-corrected chi connectivity index (χ4v) is 8.23. The van der Waals surface area contributed by atoms with Gasteiger partial charge in [0.25, 0.3) is 5.91 Å². The molecule has 1 spiro atoms. The second-order valence-electron chi connectivity index (χ2n) is 12.5. The number of fused-ring (bicyclic) bond motifs is 5. The molecule has 5 rings (SSSR count). The van der Waals surface area contributed by atoms with Crippen molar-refractivity contribution >= 4 is 17.8 Å². The highest BCUT2D eigenvalue weighted by molar-refractivity contribution is 6.02. The van der Waals surface area contributed by atoms with Crippen molar-refractivity contribution in [3.8, 4) is 11.5 Å². The van der Waals surface area contributed by atoms with Gasteiger partial charge in [-0.1, -0.05) is 27.7 Å². The number of primary amides is 1. The first-order valence-corrected chi connectivity index (χ1v) is 13.3. The lowest BCUT2D eigenvalue weighted by Crippen LogP contribution is -2.66. The van der Waals surface area contributed by atoms with Crippen molar-refractivity contribution in [2.24, 2.45) is 28.4 Å². The number of rotatable bonds is 5. The summed E-state index contributed by atoms with van der Waals surface area (Å²) < 4.78 is 6.97. The number of carbonyl (C=O) groups is 3. The number of carbonyl (C=O) groups excluding carboxylic acids is 2. The number of nitrogens with two attached hydrogens (primary N) is 1. The van der Waals surface area contributed by atoms with Crippen LogP contribution in [0.25, 0.3) is 0 Å². The largest absolute Gasteiger partial charge is 0.508 e. The third kappa shape index (κ3) is 3.49. The number of aromatic hydroxyl groups is 1. The molecule has 2 heterocycles. The molecule has 9 nitrogen and oxygen atoms in total. The van der Waals surface area contributed by atoms with Gasteiger partial charge in [0, 0.05) is 29.4 Å². The molecule has 0 saturated heterocycles. The Morgan fingerprint density at radius 3 is 2.57 bits per heavy atom. The lowest BCUT2D eigenvalue weighted by molar-refractivity contribution is -0.210. The van der Waals surface area contributed by atoms with Gasteiger partial charge in [0.2, 0.25) is 5.91 Å². The number of carboxylic acids is 1. The second kappa shape index (κ2) is 8.35. The molecule has 202 valence electrons. The summed E-state index contributed by atoms with van der Waals surface area (Å²) in [4.78, 5) is 37.9. The minimum atomic E-state index is -1.21. The summed E-state index contributed by atoms with van der Waals surface area (Å²) >= 11 is 0. The highest BCUT2D eigenvalue weighted by Gasteiger charge is 2.67. The number of aliphatic hydroxyl groups excluding tert-OH is 1. The summed E-state index contributed by atoms with van der Waals surface area (Å²) in [7, 11) is 0. The number of benzene rings is 1. The topological polar surface area (TPSA) is 150 Å². The van der Waals surface area contributed by atoms with E-state index in [1.54, 1.807) is 0 Å². The Hall–Kier alpha value is -2.81. The molecule has 2 amide bonds. The molecule has 0 unspecified atom stereocenters. The third-order valence-electron chi connectivity index (χ3n) is 10.4. The number of nitrogens with zero attached hydrogens (tertiary/aromatic N) is 1. The van der Waals surface area contributed by atoms with Crippen LogP contribution >= 0.6 is 0 Å². The predicted molar refractivity (Wildman–Crippen MR) is 134 cm³/mol. The van der Waals surface area contributed by atoms with E-state index < -0.39 is 35.5 Å². The van der Waals surface area contributed by atoms with Crippen molar-refractivity contribution in [1.82, 2.24) is 4.90 Å². The lowest BCUT2D eigenvalue weighted by atomic mass is 9.43. The number of ether oxygens (including phenoxy) is 1. The van der Waals surface area contributed by atoms with Crippen molar-refractivity contribution in [2.45, 2.75) is 96.9 Å². The second-order valence-corrected chi connectivity index (χ2v) is 12.5. The van der Waals surface area contributed by atoms with Gasteiger partial charge in [0.15, 0.2) is 0 Å². The molecule has 5 N–H and O–H groups in total. The normalized spacial score (nSPS) is 34.5. The molecule has 9 heteroatoms. The highest BCUT2D eigenvalue weighted by atomic mass is 16.5. The molecule has 4 aliphatic rings. The number of phenolic OH excluding ortho intramolecular Hbond substituents is 1. The molecule has 0 aromatic heterocycles. The maximum absolute atomic E-state index is 13.3. The van der Waals surface area contributed by atoms with E-state index in [0.717, 1.165) is 19.3 Å². The van der Waals surface area contributed by atoms with E-state index in [9.17, 15) is 29.7 Å². The van der Waals surface area contributed by atoms with Crippen LogP contribution < -0.4 is 10.5 Å². The van der Waals surface area contributed by atoms with Crippen LogP contribution in [-0.2, 0) is 22.6 Å². The average molecular weight is 515 g/mol. The fourth-order valence-electron chi connectivity index (χ4n) is 8.23. The van der Waals surface area contributed by atoms with Crippen molar-refractivity contribution in [2.75, 3.05) is 0 Å². The van der Waals surface area contributed by atoms with Gasteiger partial charge in [0.05, 0.1) is 18.2 Å². The monoisotopic (exact) mass is 514 g/mol. The Morgan fingerprint density at radius 2 is 1.92 bits per heavy atom. The fraction of sp³-hybridized carbons (Fsp3) is 0.679. The van der Waals surface area contributed by atoms with Crippen LogP contribution in [0.4, 0.5) is 0 Å². The highest BCUT2D eigenvalue weighted by Crippen LogP contribution is 2.67. The summed E-state index contributed by atoms with van der Waals surface area (Å²) in [5, 5.41) is 31.8. The Morgan fingerprint density at radius 1 is 1.22 bits per heavy atom. The van der Waals surface area contributed by atoms with Crippen molar-refractivity contribution in [3.05, 3.63) is 22.8 Å². The van der Waals surface area contributed by atoms with Gasteiger partial charge in [-0.05, 0) is 55.4 Å². The molecule has 1 aromatic rings. The first-order valence-electron chi connectivity index (χ1n) is 13.3. The molecule has 37 heavy (non-hydrogen) atoms. The summed E-state index contributed by atoms with van der Waals surface area (Å²) in [6, 6.07) is 0.227. The van der Waals surface area contributed by atoms with Crippen molar-refractivity contribution < 1.29 is 34.4 Å². The van der Waals surface area contributed by atoms with Gasteiger partial charge in [-0.3, -0.25) is 9.59 Å². The third-order valence-corrected chi connectivity index (χ3v) is 10.4. The number of hydrogen-bond donors (Lipinski definition) is 4. The van der Waals surface area contributed by atoms with Gasteiger partial charge < -0.3 is 30.7 Å². The molecular formula is C28H38N2O7. The number of aliphatic hydroxyl groups is 1. The van der Waals surface area contributed by atoms with Gasteiger partial charge in [-0.15, -0.1) is 0 Å². The SMILES string of the molecule is C[C@@H]1CC[C@@H]2C(C)(C)[C@@H](O)CC[C@@]2(C)[C@]12Cc1c(O)cc3c(c1O2)CN([C@@H](CCC(N)=O)C(=O)O)C3=O. The molecule has 2 saturated carbocycles. The van der Waals surface area contributed by atoms with Crippen LogP contribution in [0.5, 0.6) is 11.5 Å². The van der Waals surface area contributed by atoms with E-state index in [4.69, 9.17) is 10.5 Å². The van der Waals surface area contributed by atoms with E-state index in [0.29, 0.717) is 29.7 Å².